The zero-order valence-electron chi connectivity index (χ0n) is 11.3. The number of rotatable bonds is 3. The molecule has 2 rings (SSSR count). The molecule has 2 N–H and O–H groups in total. The van der Waals surface area contributed by atoms with Crippen LogP contribution >= 0.6 is 11.3 Å². The average Bonchev–Trinajstić information content (AvgIpc) is 2.87. The summed E-state index contributed by atoms with van der Waals surface area (Å²) in [5.41, 5.74) is 7.73. The molecule has 0 aromatic carbocycles. The van der Waals surface area contributed by atoms with Crippen molar-refractivity contribution in [1.82, 2.24) is 4.98 Å². The predicted molar refractivity (Wildman–Crippen MR) is 74.5 cm³/mol. The van der Waals surface area contributed by atoms with E-state index in [-0.39, 0.29) is 5.41 Å². The van der Waals surface area contributed by atoms with E-state index in [0.29, 0.717) is 5.41 Å². The summed E-state index contributed by atoms with van der Waals surface area (Å²) in [4.78, 5) is 4.80. The second-order valence-corrected chi connectivity index (χ2v) is 7.41. The first-order chi connectivity index (χ1) is 7.95. The highest BCUT2D eigenvalue weighted by Crippen LogP contribution is 2.40. The van der Waals surface area contributed by atoms with Gasteiger partial charge in [0.15, 0.2) is 0 Å². The van der Waals surface area contributed by atoms with Gasteiger partial charge in [0.25, 0.3) is 0 Å². The largest absolute Gasteiger partial charge is 0.330 e. The lowest BCUT2D eigenvalue weighted by atomic mass is 9.83. The molecule has 1 aromatic rings. The van der Waals surface area contributed by atoms with E-state index in [0.717, 1.165) is 13.0 Å². The van der Waals surface area contributed by atoms with E-state index in [9.17, 15) is 0 Å². The first kappa shape index (κ1) is 13.0. The van der Waals surface area contributed by atoms with Crippen LogP contribution < -0.4 is 5.73 Å². The van der Waals surface area contributed by atoms with E-state index in [1.54, 1.807) is 0 Å². The number of nitrogens with zero attached hydrogens (tertiary/aromatic N) is 1. The van der Waals surface area contributed by atoms with Crippen molar-refractivity contribution in [2.75, 3.05) is 6.54 Å². The summed E-state index contributed by atoms with van der Waals surface area (Å²) in [6, 6.07) is 0. The van der Waals surface area contributed by atoms with Crippen molar-refractivity contribution in [3.8, 4) is 0 Å². The molecule has 0 aliphatic heterocycles. The topological polar surface area (TPSA) is 38.9 Å². The lowest BCUT2D eigenvalue weighted by molar-refractivity contribution is 0.306. The fraction of sp³-hybridized carbons (Fsp3) is 0.786. The summed E-state index contributed by atoms with van der Waals surface area (Å²) >= 11 is 1.81. The molecule has 1 aliphatic carbocycles. The van der Waals surface area contributed by atoms with Crippen LogP contribution in [0.3, 0.4) is 0 Å². The molecule has 0 atom stereocenters. The van der Waals surface area contributed by atoms with Gasteiger partial charge in [0.1, 0.15) is 0 Å². The maximum atomic E-state index is 5.99. The highest BCUT2D eigenvalue weighted by atomic mass is 32.1. The Morgan fingerprint density at radius 3 is 2.47 bits per heavy atom. The molecule has 2 nitrogen and oxygen atoms in total. The van der Waals surface area contributed by atoms with Crippen molar-refractivity contribution in [2.24, 2.45) is 11.1 Å². The third kappa shape index (κ3) is 2.89. The maximum absolute atomic E-state index is 5.99. The Morgan fingerprint density at radius 1 is 1.35 bits per heavy atom. The molecule has 0 unspecified atom stereocenters. The Kier molecular flexibility index (Phi) is 3.60. The molecule has 1 heterocycles. The average molecular weight is 252 g/mol. The lowest BCUT2D eigenvalue weighted by Crippen LogP contribution is -2.29. The Labute approximate surface area is 109 Å². The summed E-state index contributed by atoms with van der Waals surface area (Å²) in [5.74, 6) is 0. The minimum atomic E-state index is 0.167. The van der Waals surface area contributed by atoms with Crippen molar-refractivity contribution >= 4 is 11.3 Å². The smallest absolute Gasteiger partial charge is 0.0934 e. The van der Waals surface area contributed by atoms with Gasteiger partial charge >= 0.3 is 0 Å². The van der Waals surface area contributed by atoms with E-state index < -0.39 is 0 Å². The normalized spacial score (nSPS) is 19.8. The van der Waals surface area contributed by atoms with Gasteiger partial charge in [0.05, 0.1) is 10.7 Å². The van der Waals surface area contributed by atoms with Crippen LogP contribution in [0.25, 0.3) is 0 Å². The van der Waals surface area contributed by atoms with Crippen LogP contribution in [0.5, 0.6) is 0 Å². The van der Waals surface area contributed by atoms with Gasteiger partial charge < -0.3 is 5.73 Å². The summed E-state index contributed by atoms with van der Waals surface area (Å²) in [6.45, 7) is 7.48. The molecule has 1 aliphatic rings. The van der Waals surface area contributed by atoms with Crippen molar-refractivity contribution in [3.05, 3.63) is 16.1 Å². The number of hydrogen-bond donors (Lipinski definition) is 1. The molecular weight excluding hydrogens is 228 g/mol. The summed E-state index contributed by atoms with van der Waals surface area (Å²) in [6.07, 6.45) is 6.34. The van der Waals surface area contributed by atoms with Gasteiger partial charge in [-0.05, 0) is 24.8 Å². The number of hydrogen-bond acceptors (Lipinski definition) is 3. The van der Waals surface area contributed by atoms with Crippen LogP contribution in [-0.4, -0.2) is 11.5 Å². The summed E-state index contributed by atoms with van der Waals surface area (Å²) in [7, 11) is 0. The molecule has 0 bridgehead atoms. The predicted octanol–water partition coefficient (Wildman–Crippen LogP) is 3.50. The first-order valence-corrected chi connectivity index (χ1v) is 7.48. The van der Waals surface area contributed by atoms with Crippen LogP contribution in [0.15, 0.2) is 5.38 Å². The lowest BCUT2D eigenvalue weighted by Gasteiger charge is -2.25. The van der Waals surface area contributed by atoms with Gasteiger partial charge in [0, 0.05) is 17.2 Å². The first-order valence-electron chi connectivity index (χ1n) is 6.60. The Morgan fingerprint density at radius 2 is 2.00 bits per heavy atom. The molecule has 0 spiro atoms. The van der Waals surface area contributed by atoms with Gasteiger partial charge in [0.2, 0.25) is 0 Å². The molecule has 1 saturated carbocycles. The number of aromatic nitrogens is 1. The van der Waals surface area contributed by atoms with Gasteiger partial charge in [-0.25, -0.2) is 4.98 Å². The molecule has 3 heteroatoms. The molecule has 0 saturated heterocycles. The van der Waals surface area contributed by atoms with Crippen LogP contribution in [0, 0.1) is 5.41 Å². The van der Waals surface area contributed by atoms with E-state index in [1.807, 2.05) is 11.3 Å². The zero-order valence-corrected chi connectivity index (χ0v) is 12.1. The van der Waals surface area contributed by atoms with Crippen LogP contribution in [0.2, 0.25) is 0 Å². The standard InChI is InChI=1S/C14H24N2S/c1-13(2,3)11-9-17-12(16-11)8-14(10-15)6-4-5-7-14/h9H,4-8,10,15H2,1-3H3. The second kappa shape index (κ2) is 4.69. The van der Waals surface area contributed by atoms with E-state index in [4.69, 9.17) is 10.7 Å². The minimum absolute atomic E-state index is 0.167. The second-order valence-electron chi connectivity index (χ2n) is 6.46. The monoisotopic (exact) mass is 252 g/mol. The van der Waals surface area contributed by atoms with Crippen molar-refractivity contribution in [3.63, 3.8) is 0 Å². The summed E-state index contributed by atoms with van der Waals surface area (Å²) in [5, 5.41) is 3.50. The molecule has 1 aromatic heterocycles. The highest BCUT2D eigenvalue weighted by Gasteiger charge is 2.33. The Balaban J connectivity index is 2.11. The fourth-order valence-electron chi connectivity index (χ4n) is 2.64. The summed E-state index contributed by atoms with van der Waals surface area (Å²) < 4.78 is 0. The Bertz CT molecular complexity index is 370. The SMILES string of the molecule is CC(C)(C)c1csc(CC2(CN)CCCC2)n1. The molecule has 1 fully saturated rings. The Hall–Kier alpha value is -0.410. The molecule has 96 valence electrons. The highest BCUT2D eigenvalue weighted by molar-refractivity contribution is 7.09. The third-order valence-electron chi connectivity index (χ3n) is 3.94. The van der Waals surface area contributed by atoms with E-state index in [2.05, 4.69) is 26.2 Å². The van der Waals surface area contributed by atoms with Crippen LogP contribution in [-0.2, 0) is 11.8 Å². The maximum Gasteiger partial charge on any atom is 0.0934 e. The van der Waals surface area contributed by atoms with Gasteiger partial charge in [-0.3, -0.25) is 0 Å². The van der Waals surface area contributed by atoms with Crippen LogP contribution in [0.4, 0.5) is 0 Å². The molecule has 17 heavy (non-hydrogen) atoms. The van der Waals surface area contributed by atoms with E-state index >= 15 is 0 Å². The minimum Gasteiger partial charge on any atom is -0.330 e. The number of nitrogens with two attached hydrogens (primary N) is 1. The quantitative estimate of drug-likeness (QED) is 0.894. The van der Waals surface area contributed by atoms with Crippen LogP contribution in [0.1, 0.15) is 57.2 Å². The van der Waals surface area contributed by atoms with Gasteiger partial charge in [-0.15, -0.1) is 11.3 Å². The number of thiazole rings is 1. The van der Waals surface area contributed by atoms with Gasteiger partial charge in [-0.1, -0.05) is 33.6 Å². The third-order valence-corrected chi connectivity index (χ3v) is 4.79. The van der Waals surface area contributed by atoms with Crippen molar-refractivity contribution in [2.45, 2.75) is 58.3 Å². The fourth-order valence-corrected chi connectivity index (χ4v) is 3.83. The van der Waals surface area contributed by atoms with Crippen molar-refractivity contribution < 1.29 is 0 Å². The van der Waals surface area contributed by atoms with E-state index in [1.165, 1.54) is 36.4 Å². The molecular formula is C14H24N2S. The zero-order chi connectivity index (χ0) is 12.5. The molecule has 0 radical (unpaired) electrons. The van der Waals surface area contributed by atoms with Gasteiger partial charge in [-0.2, -0.15) is 0 Å². The van der Waals surface area contributed by atoms with Crippen molar-refractivity contribution in [1.29, 1.82) is 0 Å². The molecule has 0 amide bonds.